The van der Waals surface area contributed by atoms with Crippen molar-refractivity contribution in [2.75, 3.05) is 11.9 Å². The lowest BCUT2D eigenvalue weighted by molar-refractivity contribution is -0.131. The first-order chi connectivity index (χ1) is 11.3. The number of likely N-dealkylation sites (tertiary alicyclic amines) is 1. The molecule has 1 aliphatic rings. The zero-order valence-corrected chi connectivity index (χ0v) is 14.7. The van der Waals surface area contributed by atoms with E-state index in [0.29, 0.717) is 29.2 Å². The molecule has 1 amide bonds. The topological polar surface area (TPSA) is 69.0 Å². The largest absolute Gasteiger partial charge is 0.378 e. The van der Waals surface area contributed by atoms with Gasteiger partial charge in [0, 0.05) is 35.1 Å². The molecule has 2 aromatic rings. The summed E-state index contributed by atoms with van der Waals surface area (Å²) in [6.07, 6.45) is 1.96. The third kappa shape index (κ3) is 3.02. The molecule has 0 saturated carbocycles. The second-order valence-electron chi connectivity index (χ2n) is 7.04. The van der Waals surface area contributed by atoms with Gasteiger partial charge in [0.15, 0.2) is 0 Å². The minimum atomic E-state index is -0.213. The van der Waals surface area contributed by atoms with Gasteiger partial charge in [0.05, 0.1) is 22.8 Å². The van der Waals surface area contributed by atoms with Crippen molar-refractivity contribution >= 4 is 34.1 Å². The Labute approximate surface area is 146 Å². The molecule has 124 valence electrons. The minimum Gasteiger partial charge on any atom is -0.378 e. The van der Waals surface area contributed by atoms with E-state index >= 15 is 0 Å². The van der Waals surface area contributed by atoms with E-state index in [4.69, 9.17) is 11.6 Å². The van der Waals surface area contributed by atoms with Crippen LogP contribution in [-0.2, 0) is 4.79 Å². The van der Waals surface area contributed by atoms with Crippen LogP contribution in [0.2, 0.25) is 5.02 Å². The van der Waals surface area contributed by atoms with Crippen LogP contribution in [0.15, 0.2) is 24.4 Å². The Kier molecular flexibility index (Phi) is 4.10. The predicted octanol–water partition coefficient (Wildman–Crippen LogP) is 3.57. The van der Waals surface area contributed by atoms with E-state index in [0.717, 1.165) is 10.9 Å². The van der Waals surface area contributed by atoms with Gasteiger partial charge < -0.3 is 10.2 Å². The van der Waals surface area contributed by atoms with Crippen molar-refractivity contribution in [1.82, 2.24) is 9.88 Å². The number of nitriles is 1. The molecule has 5 nitrogen and oxygen atoms in total. The summed E-state index contributed by atoms with van der Waals surface area (Å²) in [5.41, 5.74) is 1.69. The maximum absolute atomic E-state index is 12.3. The van der Waals surface area contributed by atoms with Crippen LogP contribution >= 0.6 is 11.6 Å². The number of pyridine rings is 1. The highest BCUT2D eigenvalue weighted by Crippen LogP contribution is 2.31. The van der Waals surface area contributed by atoms with E-state index in [1.807, 2.05) is 31.7 Å². The van der Waals surface area contributed by atoms with Gasteiger partial charge in [-0.05, 0) is 39.0 Å². The molecule has 0 bridgehead atoms. The van der Waals surface area contributed by atoms with Gasteiger partial charge in [-0.15, -0.1) is 0 Å². The van der Waals surface area contributed by atoms with Crippen molar-refractivity contribution in [3.8, 4) is 6.07 Å². The summed E-state index contributed by atoms with van der Waals surface area (Å²) in [5.74, 6) is 0.120. The van der Waals surface area contributed by atoms with Crippen LogP contribution in [0.4, 0.5) is 5.69 Å². The Bertz CT molecular complexity index is 850. The summed E-state index contributed by atoms with van der Waals surface area (Å²) in [5, 5.41) is 14.2. The minimum absolute atomic E-state index is 0.0478. The number of carbonyl (C=O) groups excluding carboxylic acids is 1. The van der Waals surface area contributed by atoms with Gasteiger partial charge in [0.2, 0.25) is 5.91 Å². The van der Waals surface area contributed by atoms with Crippen molar-refractivity contribution in [1.29, 1.82) is 5.26 Å². The summed E-state index contributed by atoms with van der Waals surface area (Å²) in [6, 6.07) is 7.51. The van der Waals surface area contributed by atoms with Crippen molar-refractivity contribution in [2.24, 2.45) is 0 Å². The average molecular weight is 343 g/mol. The van der Waals surface area contributed by atoms with E-state index in [2.05, 4.69) is 16.4 Å². The molecule has 1 aromatic heterocycles. The van der Waals surface area contributed by atoms with E-state index < -0.39 is 0 Å². The average Bonchev–Trinajstić information content (AvgIpc) is 2.88. The van der Waals surface area contributed by atoms with E-state index in [9.17, 15) is 10.1 Å². The van der Waals surface area contributed by atoms with Crippen LogP contribution < -0.4 is 5.32 Å². The molecule has 1 N–H and O–H groups in total. The second-order valence-corrected chi connectivity index (χ2v) is 7.48. The molecule has 1 aromatic carbocycles. The molecule has 0 spiro atoms. The van der Waals surface area contributed by atoms with Crippen molar-refractivity contribution in [3.63, 3.8) is 0 Å². The van der Waals surface area contributed by atoms with Gasteiger partial charge in [-0.2, -0.15) is 5.26 Å². The highest BCUT2D eigenvalue weighted by molar-refractivity contribution is 6.31. The summed E-state index contributed by atoms with van der Waals surface area (Å²) in [4.78, 5) is 18.4. The molecule has 24 heavy (non-hydrogen) atoms. The quantitative estimate of drug-likeness (QED) is 0.905. The van der Waals surface area contributed by atoms with Gasteiger partial charge >= 0.3 is 0 Å². The molecule has 3 rings (SSSR count). The first-order valence-corrected chi connectivity index (χ1v) is 8.23. The first-order valence-electron chi connectivity index (χ1n) is 7.85. The SMILES string of the molecule is CC(C)(C)N1CC(Nc2c(C#N)cnc3ccc(Cl)cc23)CC1=O. The van der Waals surface area contributed by atoms with Crippen LogP contribution in [0.5, 0.6) is 0 Å². The lowest BCUT2D eigenvalue weighted by Gasteiger charge is -2.32. The number of hydrogen-bond acceptors (Lipinski definition) is 4. The Morgan fingerprint density at radius 3 is 2.79 bits per heavy atom. The maximum Gasteiger partial charge on any atom is 0.225 e. The smallest absolute Gasteiger partial charge is 0.225 e. The standard InChI is InChI=1S/C18H19ClN4O/c1-18(2,3)23-10-13(7-16(23)24)22-17-11(8-20)9-21-15-5-4-12(19)6-14(15)17/h4-6,9,13H,7,10H2,1-3H3,(H,21,22). The number of halogens is 1. The third-order valence-electron chi connectivity index (χ3n) is 4.23. The zero-order chi connectivity index (χ0) is 17.5. The van der Waals surface area contributed by atoms with Crippen LogP contribution in [-0.4, -0.2) is 33.9 Å². The summed E-state index contributed by atoms with van der Waals surface area (Å²) in [7, 11) is 0. The summed E-state index contributed by atoms with van der Waals surface area (Å²) < 4.78 is 0. The molecule has 0 aliphatic carbocycles. The fourth-order valence-electron chi connectivity index (χ4n) is 3.06. The molecule has 2 heterocycles. The van der Waals surface area contributed by atoms with Crippen LogP contribution in [0.25, 0.3) is 10.9 Å². The lowest BCUT2D eigenvalue weighted by Crippen LogP contribution is -2.43. The Balaban J connectivity index is 1.97. The van der Waals surface area contributed by atoms with Crippen LogP contribution in [0.1, 0.15) is 32.8 Å². The molecule has 6 heteroatoms. The molecule has 0 radical (unpaired) electrons. The number of anilines is 1. The number of nitrogens with zero attached hydrogens (tertiary/aromatic N) is 3. The highest BCUT2D eigenvalue weighted by Gasteiger charge is 2.36. The fraction of sp³-hybridized carbons (Fsp3) is 0.389. The lowest BCUT2D eigenvalue weighted by atomic mass is 10.1. The highest BCUT2D eigenvalue weighted by atomic mass is 35.5. The van der Waals surface area contributed by atoms with Gasteiger partial charge in [-0.25, -0.2) is 0 Å². The van der Waals surface area contributed by atoms with E-state index in [1.165, 1.54) is 0 Å². The van der Waals surface area contributed by atoms with Gasteiger partial charge in [-0.1, -0.05) is 11.6 Å². The fourth-order valence-corrected chi connectivity index (χ4v) is 3.23. The van der Waals surface area contributed by atoms with Crippen LogP contribution in [0.3, 0.4) is 0 Å². The van der Waals surface area contributed by atoms with Gasteiger partial charge in [0.25, 0.3) is 0 Å². The normalized spacial score (nSPS) is 18.0. The van der Waals surface area contributed by atoms with E-state index in [-0.39, 0.29) is 17.5 Å². The molecule has 1 atom stereocenters. The number of aromatic nitrogens is 1. The van der Waals surface area contributed by atoms with Crippen LogP contribution in [0, 0.1) is 11.3 Å². The molecular weight excluding hydrogens is 324 g/mol. The number of nitrogens with one attached hydrogen (secondary N) is 1. The first kappa shape index (κ1) is 16.5. The number of hydrogen-bond donors (Lipinski definition) is 1. The summed E-state index contributed by atoms with van der Waals surface area (Å²) in [6.45, 7) is 6.68. The van der Waals surface area contributed by atoms with E-state index in [1.54, 1.807) is 18.3 Å². The second kappa shape index (κ2) is 5.95. The third-order valence-corrected chi connectivity index (χ3v) is 4.47. The Morgan fingerprint density at radius 1 is 1.42 bits per heavy atom. The molecule has 1 fully saturated rings. The Morgan fingerprint density at radius 2 is 2.17 bits per heavy atom. The number of rotatable bonds is 2. The molecular formula is C18H19ClN4O. The molecule has 1 aliphatic heterocycles. The number of benzene rings is 1. The van der Waals surface area contributed by atoms with Gasteiger partial charge in [-0.3, -0.25) is 9.78 Å². The molecule has 1 unspecified atom stereocenters. The van der Waals surface area contributed by atoms with Crippen molar-refractivity contribution in [2.45, 2.75) is 38.8 Å². The maximum atomic E-state index is 12.3. The number of carbonyl (C=O) groups is 1. The molecule has 1 saturated heterocycles. The monoisotopic (exact) mass is 342 g/mol. The predicted molar refractivity (Wildman–Crippen MR) is 95.0 cm³/mol. The summed E-state index contributed by atoms with van der Waals surface area (Å²) >= 11 is 6.11. The Hall–Kier alpha value is -2.32. The number of amides is 1. The van der Waals surface area contributed by atoms with Gasteiger partial charge in [0.1, 0.15) is 6.07 Å². The van der Waals surface area contributed by atoms with Crippen molar-refractivity contribution in [3.05, 3.63) is 35.0 Å². The van der Waals surface area contributed by atoms with Crippen molar-refractivity contribution < 1.29 is 4.79 Å². The zero-order valence-electron chi connectivity index (χ0n) is 13.9. The number of fused-ring (bicyclic) bond motifs is 1.